The average molecular weight is 362 g/mol. The molecule has 8 heteroatoms. The average Bonchev–Trinajstić information content (AvgIpc) is 2.54. The molecule has 0 spiro atoms. The number of benzene rings is 1. The van der Waals surface area contributed by atoms with E-state index in [0.717, 1.165) is 6.08 Å². The molecule has 0 unspecified atom stereocenters. The van der Waals surface area contributed by atoms with Crippen LogP contribution in [0.25, 0.3) is 6.08 Å². The molecule has 2 aromatic rings. The van der Waals surface area contributed by atoms with Crippen molar-refractivity contribution in [3.63, 3.8) is 0 Å². The number of sulfonamides is 1. The summed E-state index contributed by atoms with van der Waals surface area (Å²) in [5.41, 5.74) is 1.47. The fraction of sp³-hybridized carbons (Fsp3) is 0.0625. The first-order valence-corrected chi connectivity index (χ1v) is 8.74. The van der Waals surface area contributed by atoms with Crippen molar-refractivity contribution in [1.82, 2.24) is 9.71 Å². The summed E-state index contributed by atoms with van der Waals surface area (Å²) >= 11 is 5.63. The highest BCUT2D eigenvalue weighted by molar-refractivity contribution is 7.89. The van der Waals surface area contributed by atoms with Crippen LogP contribution in [0.15, 0.2) is 48.7 Å². The van der Waals surface area contributed by atoms with Gasteiger partial charge in [-0.05, 0) is 35.4 Å². The molecule has 0 radical (unpaired) electrons. The second kappa shape index (κ2) is 7.73. The Bertz CT molecular complexity index is 916. The van der Waals surface area contributed by atoms with Crippen LogP contribution in [0.1, 0.15) is 16.7 Å². The molecule has 1 amide bonds. The van der Waals surface area contributed by atoms with Gasteiger partial charge in [0.05, 0.1) is 17.4 Å². The van der Waals surface area contributed by atoms with Gasteiger partial charge in [0.25, 0.3) is 5.91 Å². The second-order valence-electron chi connectivity index (χ2n) is 4.79. The van der Waals surface area contributed by atoms with Gasteiger partial charge in [0, 0.05) is 12.3 Å². The van der Waals surface area contributed by atoms with Crippen molar-refractivity contribution < 1.29 is 13.2 Å². The highest BCUT2D eigenvalue weighted by Crippen LogP contribution is 2.09. The molecule has 2 rings (SSSR count). The summed E-state index contributed by atoms with van der Waals surface area (Å²) in [5.74, 6) is -1.17. The summed E-state index contributed by atoms with van der Waals surface area (Å²) in [7, 11) is -3.85. The number of rotatable bonds is 5. The summed E-state index contributed by atoms with van der Waals surface area (Å²) in [4.78, 5) is 15.5. The van der Waals surface area contributed by atoms with Crippen LogP contribution in [0, 0.1) is 11.3 Å². The molecule has 0 aliphatic carbocycles. The minimum Gasteiger partial charge on any atom is -0.269 e. The minimum absolute atomic E-state index is 0.253. The van der Waals surface area contributed by atoms with Crippen molar-refractivity contribution in [2.45, 2.75) is 5.75 Å². The highest BCUT2D eigenvalue weighted by Gasteiger charge is 2.14. The SMILES string of the molecule is N#Cc1cccc(/C=C/C(=O)NS(=O)(=O)Cc2ccc(Cl)nc2)c1. The number of amides is 1. The number of hydrogen-bond acceptors (Lipinski definition) is 5. The van der Waals surface area contributed by atoms with Crippen LogP contribution < -0.4 is 4.72 Å². The lowest BCUT2D eigenvalue weighted by Crippen LogP contribution is -2.30. The molecule has 0 saturated heterocycles. The van der Waals surface area contributed by atoms with Crippen molar-refractivity contribution >= 4 is 33.6 Å². The number of nitriles is 1. The molecule has 1 aromatic heterocycles. The van der Waals surface area contributed by atoms with Gasteiger partial charge in [-0.2, -0.15) is 5.26 Å². The van der Waals surface area contributed by atoms with E-state index in [4.69, 9.17) is 16.9 Å². The third-order valence-corrected chi connectivity index (χ3v) is 4.29. The Hall–Kier alpha value is -2.69. The van der Waals surface area contributed by atoms with E-state index in [1.165, 1.54) is 24.4 Å². The van der Waals surface area contributed by atoms with Crippen molar-refractivity contribution in [1.29, 1.82) is 5.26 Å². The lowest BCUT2D eigenvalue weighted by molar-refractivity contribution is -0.114. The third kappa shape index (κ3) is 5.50. The van der Waals surface area contributed by atoms with Crippen LogP contribution in [0.3, 0.4) is 0 Å². The summed E-state index contributed by atoms with van der Waals surface area (Å²) in [6, 6.07) is 11.5. The summed E-state index contributed by atoms with van der Waals surface area (Å²) < 4.78 is 25.8. The largest absolute Gasteiger partial charge is 0.269 e. The van der Waals surface area contributed by atoms with E-state index in [2.05, 4.69) is 4.98 Å². The Kier molecular flexibility index (Phi) is 5.68. The number of halogens is 1. The van der Waals surface area contributed by atoms with E-state index in [1.807, 2.05) is 10.8 Å². The molecular weight excluding hydrogens is 350 g/mol. The number of carbonyl (C=O) groups is 1. The van der Waals surface area contributed by atoms with Crippen molar-refractivity contribution in [3.8, 4) is 6.07 Å². The molecule has 6 nitrogen and oxygen atoms in total. The molecule has 122 valence electrons. The summed E-state index contributed by atoms with van der Waals surface area (Å²) in [6.45, 7) is 0. The van der Waals surface area contributed by atoms with Crippen molar-refractivity contribution in [3.05, 3.63) is 70.5 Å². The molecule has 0 aliphatic rings. The first kappa shape index (κ1) is 17.7. The standard InChI is InChI=1S/C16H12ClN3O3S/c17-15-6-4-14(10-19-15)11-24(22,23)20-16(21)7-5-12-2-1-3-13(8-12)9-18/h1-8,10H,11H2,(H,20,21)/b7-5+. The molecular formula is C16H12ClN3O3S. The van der Waals surface area contributed by atoms with Crippen LogP contribution in [-0.2, 0) is 20.6 Å². The smallest absolute Gasteiger partial charge is 0.257 e. The van der Waals surface area contributed by atoms with Crippen LogP contribution in [0.2, 0.25) is 5.15 Å². The number of carbonyl (C=O) groups excluding carboxylic acids is 1. The van der Waals surface area contributed by atoms with E-state index in [0.29, 0.717) is 16.7 Å². The monoisotopic (exact) mass is 361 g/mol. The van der Waals surface area contributed by atoms with Crippen molar-refractivity contribution in [2.24, 2.45) is 0 Å². The Labute approximate surface area is 144 Å². The van der Waals surface area contributed by atoms with Gasteiger partial charge in [0.1, 0.15) is 5.15 Å². The molecule has 24 heavy (non-hydrogen) atoms. The van der Waals surface area contributed by atoms with Gasteiger partial charge < -0.3 is 0 Å². The molecule has 0 fully saturated rings. The van der Waals surface area contributed by atoms with Gasteiger partial charge in [-0.25, -0.2) is 18.1 Å². The number of nitrogens with zero attached hydrogens (tertiary/aromatic N) is 2. The molecule has 1 N–H and O–H groups in total. The highest BCUT2D eigenvalue weighted by atomic mass is 35.5. The zero-order valence-corrected chi connectivity index (χ0v) is 13.9. The van der Waals surface area contributed by atoms with Crippen LogP contribution >= 0.6 is 11.6 Å². The molecule has 0 bridgehead atoms. The fourth-order valence-electron chi connectivity index (χ4n) is 1.82. The number of nitrogens with one attached hydrogen (secondary N) is 1. The Balaban J connectivity index is 2.01. The van der Waals surface area contributed by atoms with Gasteiger partial charge in [-0.1, -0.05) is 29.8 Å². The quantitative estimate of drug-likeness (QED) is 0.650. The summed E-state index contributed by atoms with van der Waals surface area (Å²) in [5, 5.41) is 9.06. The Morgan fingerprint density at radius 3 is 2.79 bits per heavy atom. The van der Waals surface area contributed by atoms with Gasteiger partial charge in [0.2, 0.25) is 10.0 Å². The maximum Gasteiger partial charge on any atom is 0.257 e. The van der Waals surface area contributed by atoms with E-state index >= 15 is 0 Å². The van der Waals surface area contributed by atoms with Crippen LogP contribution in [0.4, 0.5) is 0 Å². The molecule has 0 atom stereocenters. The van der Waals surface area contributed by atoms with E-state index in [-0.39, 0.29) is 10.9 Å². The third-order valence-electron chi connectivity index (χ3n) is 2.84. The Morgan fingerprint density at radius 1 is 1.33 bits per heavy atom. The predicted molar refractivity (Wildman–Crippen MR) is 90.2 cm³/mol. The fourth-order valence-corrected chi connectivity index (χ4v) is 2.99. The van der Waals surface area contributed by atoms with E-state index in [1.54, 1.807) is 24.3 Å². The van der Waals surface area contributed by atoms with Crippen LogP contribution in [0.5, 0.6) is 0 Å². The maximum absolute atomic E-state index is 11.9. The normalized spacial score (nSPS) is 11.2. The lowest BCUT2D eigenvalue weighted by Gasteiger charge is -2.04. The van der Waals surface area contributed by atoms with Gasteiger partial charge in [-0.3, -0.25) is 4.79 Å². The number of aromatic nitrogens is 1. The zero-order chi connectivity index (χ0) is 17.6. The lowest BCUT2D eigenvalue weighted by atomic mass is 10.1. The van der Waals surface area contributed by atoms with Gasteiger partial charge in [0.15, 0.2) is 0 Å². The van der Waals surface area contributed by atoms with E-state index < -0.39 is 15.9 Å². The molecule has 1 heterocycles. The topological polar surface area (TPSA) is 99.9 Å². The Morgan fingerprint density at radius 2 is 2.12 bits per heavy atom. The first-order chi connectivity index (χ1) is 11.4. The van der Waals surface area contributed by atoms with Gasteiger partial charge >= 0.3 is 0 Å². The van der Waals surface area contributed by atoms with Crippen molar-refractivity contribution in [2.75, 3.05) is 0 Å². The predicted octanol–water partition coefficient (Wildman–Crippen LogP) is 2.27. The first-order valence-electron chi connectivity index (χ1n) is 6.71. The molecule has 1 aromatic carbocycles. The van der Waals surface area contributed by atoms with Crippen LogP contribution in [-0.4, -0.2) is 19.3 Å². The number of hydrogen-bond donors (Lipinski definition) is 1. The second-order valence-corrected chi connectivity index (χ2v) is 6.89. The number of pyridine rings is 1. The summed E-state index contributed by atoms with van der Waals surface area (Å²) in [6.07, 6.45) is 3.85. The molecule has 0 aliphatic heterocycles. The maximum atomic E-state index is 11.9. The van der Waals surface area contributed by atoms with E-state index in [9.17, 15) is 13.2 Å². The minimum atomic E-state index is -3.85. The zero-order valence-electron chi connectivity index (χ0n) is 12.3. The van der Waals surface area contributed by atoms with Gasteiger partial charge in [-0.15, -0.1) is 0 Å². The molecule has 0 saturated carbocycles.